The highest BCUT2D eigenvalue weighted by Gasteiger charge is 2.13. The van der Waals surface area contributed by atoms with Crippen LogP contribution in [0.25, 0.3) is 11.0 Å². The zero-order valence-electron chi connectivity index (χ0n) is 11.8. The van der Waals surface area contributed by atoms with Crippen LogP contribution in [0.5, 0.6) is 5.75 Å². The Balaban J connectivity index is 2.10. The first kappa shape index (κ1) is 14.6. The average Bonchev–Trinajstić information content (AvgIpc) is 2.81. The van der Waals surface area contributed by atoms with E-state index in [4.69, 9.17) is 17.0 Å². The van der Waals surface area contributed by atoms with Crippen LogP contribution in [0.1, 0.15) is 18.5 Å². The molecule has 0 spiro atoms. The Labute approximate surface area is 142 Å². The van der Waals surface area contributed by atoms with Gasteiger partial charge in [-0.3, -0.25) is 0 Å². The Hall–Kier alpha value is -1.34. The molecule has 0 radical (unpaired) electrons. The van der Waals surface area contributed by atoms with Crippen molar-refractivity contribution in [3.8, 4) is 5.75 Å². The number of benzene rings is 2. The molecule has 21 heavy (non-hydrogen) atoms. The maximum Gasteiger partial charge on any atom is 0.178 e. The van der Waals surface area contributed by atoms with Crippen molar-refractivity contribution < 1.29 is 4.74 Å². The van der Waals surface area contributed by atoms with Gasteiger partial charge in [0.15, 0.2) is 4.77 Å². The lowest BCUT2D eigenvalue weighted by atomic mass is 10.1. The number of imidazole rings is 1. The number of hydrogen-bond acceptors (Lipinski definition) is 2. The minimum absolute atomic E-state index is 0.164. The fraction of sp³-hybridized carbons (Fsp3) is 0.188. The van der Waals surface area contributed by atoms with Crippen molar-refractivity contribution in [3.63, 3.8) is 0 Å². The second-order valence-electron chi connectivity index (χ2n) is 4.91. The molecule has 3 rings (SSSR count). The number of H-pyrrole nitrogens is 1. The number of fused-ring (bicyclic) bond motifs is 1. The number of aromatic amines is 1. The van der Waals surface area contributed by atoms with Crippen molar-refractivity contribution in [1.29, 1.82) is 0 Å². The van der Waals surface area contributed by atoms with E-state index < -0.39 is 0 Å². The molecule has 108 valence electrons. The van der Waals surface area contributed by atoms with E-state index in [1.165, 1.54) is 9.13 Å². The van der Waals surface area contributed by atoms with Gasteiger partial charge in [0.1, 0.15) is 5.75 Å². The lowest BCUT2D eigenvalue weighted by Gasteiger charge is -2.15. The first-order valence-corrected chi connectivity index (χ1v) is 8.12. The van der Waals surface area contributed by atoms with Crippen molar-refractivity contribution in [1.82, 2.24) is 9.55 Å². The van der Waals surface area contributed by atoms with Gasteiger partial charge in [-0.1, -0.05) is 12.1 Å². The normalized spacial score (nSPS) is 12.5. The van der Waals surface area contributed by atoms with Crippen molar-refractivity contribution in [3.05, 3.63) is 56.4 Å². The van der Waals surface area contributed by atoms with Crippen molar-refractivity contribution >= 4 is 45.8 Å². The Bertz CT molecular complexity index is 836. The maximum absolute atomic E-state index is 5.50. The van der Waals surface area contributed by atoms with E-state index in [0.717, 1.165) is 21.6 Å². The Morgan fingerprint density at radius 2 is 1.90 bits per heavy atom. The van der Waals surface area contributed by atoms with Crippen LogP contribution in [0, 0.1) is 8.34 Å². The topological polar surface area (TPSA) is 29.9 Å². The summed E-state index contributed by atoms with van der Waals surface area (Å²) in [4.78, 5) is 3.29. The van der Waals surface area contributed by atoms with Gasteiger partial charge in [0.05, 0.1) is 24.2 Å². The predicted octanol–water partition coefficient (Wildman–Crippen LogP) is 4.92. The van der Waals surface area contributed by atoms with Gasteiger partial charge in [-0.2, -0.15) is 0 Å². The Morgan fingerprint density at radius 1 is 1.19 bits per heavy atom. The quantitative estimate of drug-likeness (QED) is 0.491. The molecule has 0 aliphatic carbocycles. The summed E-state index contributed by atoms with van der Waals surface area (Å²) in [5, 5.41) is 0. The third-order valence-electron chi connectivity index (χ3n) is 3.66. The van der Waals surface area contributed by atoms with Crippen LogP contribution in [-0.2, 0) is 0 Å². The molecule has 0 amide bonds. The monoisotopic (exact) mass is 410 g/mol. The van der Waals surface area contributed by atoms with E-state index in [2.05, 4.69) is 69.4 Å². The zero-order chi connectivity index (χ0) is 15.0. The van der Waals surface area contributed by atoms with Gasteiger partial charge in [-0.05, 0) is 77.6 Å². The minimum Gasteiger partial charge on any atom is -0.497 e. The number of aromatic nitrogens is 2. The van der Waals surface area contributed by atoms with Crippen molar-refractivity contribution in [2.24, 2.45) is 0 Å². The number of ether oxygens (including phenoxy) is 1. The largest absolute Gasteiger partial charge is 0.497 e. The van der Waals surface area contributed by atoms with Crippen molar-refractivity contribution in [2.75, 3.05) is 7.11 Å². The first-order valence-electron chi connectivity index (χ1n) is 6.64. The first-order chi connectivity index (χ1) is 10.1. The molecule has 0 aliphatic heterocycles. The molecule has 5 heteroatoms. The molecule has 1 N–H and O–H groups in total. The van der Waals surface area contributed by atoms with Gasteiger partial charge in [0.2, 0.25) is 0 Å². The van der Waals surface area contributed by atoms with Crippen LogP contribution >= 0.6 is 34.8 Å². The summed E-state index contributed by atoms with van der Waals surface area (Å²) in [6, 6.07) is 14.6. The summed E-state index contributed by atoms with van der Waals surface area (Å²) in [7, 11) is 1.68. The molecule has 3 nitrogen and oxygen atoms in total. The number of hydrogen-bond donors (Lipinski definition) is 1. The summed E-state index contributed by atoms with van der Waals surface area (Å²) in [6.07, 6.45) is 0. The molecular formula is C16H15IN2OS. The number of methoxy groups -OCH3 is 1. The Morgan fingerprint density at radius 3 is 2.57 bits per heavy atom. The number of nitrogens with zero attached hydrogens (tertiary/aromatic N) is 1. The highest BCUT2D eigenvalue weighted by atomic mass is 127. The number of halogens is 1. The van der Waals surface area contributed by atoms with Crippen LogP contribution in [0.3, 0.4) is 0 Å². The highest BCUT2D eigenvalue weighted by Crippen LogP contribution is 2.26. The van der Waals surface area contributed by atoms with Crippen molar-refractivity contribution in [2.45, 2.75) is 13.0 Å². The molecule has 0 aliphatic rings. The summed E-state index contributed by atoms with van der Waals surface area (Å²) in [5.41, 5.74) is 3.40. The molecular weight excluding hydrogens is 395 g/mol. The second-order valence-corrected chi connectivity index (χ2v) is 6.54. The van der Waals surface area contributed by atoms with E-state index in [9.17, 15) is 0 Å². The average molecular weight is 410 g/mol. The van der Waals surface area contributed by atoms with Gasteiger partial charge in [-0.25, -0.2) is 0 Å². The minimum atomic E-state index is 0.164. The van der Waals surface area contributed by atoms with Crippen LogP contribution in [0.2, 0.25) is 0 Å². The molecule has 0 bridgehead atoms. The molecule has 3 aromatic rings. The molecule has 1 unspecified atom stereocenters. The summed E-state index contributed by atoms with van der Waals surface area (Å²) < 4.78 is 9.31. The van der Waals surface area contributed by atoms with Gasteiger partial charge in [-0.15, -0.1) is 0 Å². The SMILES string of the molecule is COc1ccc(C(C)n2c(=S)[nH]c3cc(I)ccc32)cc1. The van der Waals surface area contributed by atoms with Crippen LogP contribution in [0.4, 0.5) is 0 Å². The maximum atomic E-state index is 5.50. The molecule has 0 saturated heterocycles. The lowest BCUT2D eigenvalue weighted by molar-refractivity contribution is 0.414. The molecule has 1 heterocycles. The zero-order valence-corrected chi connectivity index (χ0v) is 14.7. The van der Waals surface area contributed by atoms with Crippen LogP contribution < -0.4 is 4.74 Å². The third kappa shape index (κ3) is 2.72. The lowest BCUT2D eigenvalue weighted by Crippen LogP contribution is -2.06. The highest BCUT2D eigenvalue weighted by molar-refractivity contribution is 14.1. The molecule has 2 aromatic carbocycles. The van der Waals surface area contributed by atoms with Gasteiger partial charge in [0.25, 0.3) is 0 Å². The Kier molecular flexibility index (Phi) is 4.03. The standard InChI is InChI=1S/C16H15IN2OS/c1-10(11-3-6-13(20-2)7-4-11)19-15-8-5-12(17)9-14(15)18-16(19)21/h3-10H,1-2H3,(H,18,21). The van der Waals surface area contributed by atoms with Gasteiger partial charge < -0.3 is 14.3 Å². The fourth-order valence-electron chi connectivity index (χ4n) is 2.52. The van der Waals surface area contributed by atoms with E-state index in [-0.39, 0.29) is 6.04 Å². The van der Waals surface area contributed by atoms with E-state index in [1.54, 1.807) is 7.11 Å². The molecule has 1 atom stereocenters. The van der Waals surface area contributed by atoms with Gasteiger partial charge in [0, 0.05) is 3.57 Å². The summed E-state index contributed by atoms with van der Waals surface area (Å²) >= 11 is 7.81. The second kappa shape index (κ2) is 5.81. The summed E-state index contributed by atoms with van der Waals surface area (Å²) in [5.74, 6) is 0.864. The number of nitrogens with one attached hydrogen (secondary N) is 1. The predicted molar refractivity (Wildman–Crippen MR) is 96.6 cm³/mol. The van der Waals surface area contributed by atoms with Crippen LogP contribution in [0.15, 0.2) is 42.5 Å². The molecule has 0 saturated carbocycles. The van der Waals surface area contributed by atoms with Crippen LogP contribution in [-0.4, -0.2) is 16.7 Å². The van der Waals surface area contributed by atoms with E-state index >= 15 is 0 Å². The smallest absolute Gasteiger partial charge is 0.178 e. The fourth-order valence-corrected chi connectivity index (χ4v) is 3.38. The third-order valence-corrected chi connectivity index (χ3v) is 4.63. The van der Waals surface area contributed by atoms with E-state index in [0.29, 0.717) is 0 Å². The van der Waals surface area contributed by atoms with E-state index in [1.807, 2.05) is 12.1 Å². The molecule has 1 aromatic heterocycles. The number of rotatable bonds is 3. The summed E-state index contributed by atoms with van der Waals surface area (Å²) in [6.45, 7) is 2.16. The molecule has 0 fully saturated rings. The van der Waals surface area contributed by atoms with Gasteiger partial charge >= 0.3 is 0 Å².